The molecule has 2 rings (SSSR count). The first-order chi connectivity index (χ1) is 6.81. The van der Waals surface area contributed by atoms with E-state index in [-0.39, 0.29) is 0 Å². The Labute approximate surface area is 90.9 Å². The molecule has 0 aliphatic carbocycles. The topological polar surface area (TPSA) is 30.8 Å². The van der Waals surface area contributed by atoms with Gasteiger partial charge in [0.25, 0.3) is 0 Å². The number of rotatable bonds is 2. The van der Waals surface area contributed by atoms with E-state index in [2.05, 4.69) is 20.9 Å². The van der Waals surface area contributed by atoms with Crippen LogP contribution in [-0.4, -0.2) is 26.2 Å². The van der Waals surface area contributed by atoms with Crippen LogP contribution in [0.4, 0.5) is 0 Å². The molecule has 74 valence electrons. The molecule has 1 aromatic rings. The number of benzene rings is 1. The number of aliphatic imine (C=N–C) groups is 1. The second-order valence-corrected chi connectivity index (χ2v) is 3.80. The molecule has 3 nitrogen and oxygen atoms in total. The first-order valence-electron chi connectivity index (χ1n) is 4.32. The van der Waals surface area contributed by atoms with Crippen molar-refractivity contribution in [1.82, 2.24) is 0 Å². The Morgan fingerprint density at radius 3 is 3.00 bits per heavy atom. The lowest BCUT2D eigenvalue weighted by Gasteiger charge is -2.08. The van der Waals surface area contributed by atoms with Crippen LogP contribution in [0, 0.1) is 0 Å². The molecule has 1 aliphatic heterocycles. The monoisotopic (exact) mass is 255 g/mol. The molecule has 1 aromatic carbocycles. The van der Waals surface area contributed by atoms with E-state index in [1.165, 1.54) is 0 Å². The Bertz CT molecular complexity index is 376. The van der Waals surface area contributed by atoms with Crippen molar-refractivity contribution in [1.29, 1.82) is 0 Å². The molecule has 0 aromatic heterocycles. The smallest absolute Gasteiger partial charge is 0.220 e. The third-order valence-corrected chi connectivity index (χ3v) is 2.47. The molecule has 1 aliphatic rings. The van der Waals surface area contributed by atoms with Gasteiger partial charge in [-0.1, -0.05) is 15.9 Å². The minimum Gasteiger partial charge on any atom is -0.496 e. The normalized spacial score (nSPS) is 14.9. The van der Waals surface area contributed by atoms with E-state index >= 15 is 0 Å². The summed E-state index contributed by atoms with van der Waals surface area (Å²) in [6, 6.07) is 5.77. The molecule has 0 fully saturated rings. The molecule has 0 bridgehead atoms. The van der Waals surface area contributed by atoms with Gasteiger partial charge in [-0.05, 0) is 18.2 Å². The second kappa shape index (κ2) is 4.00. The van der Waals surface area contributed by atoms with Crippen molar-refractivity contribution in [2.75, 3.05) is 20.3 Å². The van der Waals surface area contributed by atoms with Crippen molar-refractivity contribution in [2.45, 2.75) is 0 Å². The molecule has 0 radical (unpaired) electrons. The van der Waals surface area contributed by atoms with Crippen LogP contribution in [0.3, 0.4) is 0 Å². The summed E-state index contributed by atoms with van der Waals surface area (Å²) < 4.78 is 11.6. The summed E-state index contributed by atoms with van der Waals surface area (Å²) in [5, 5.41) is 0. The van der Waals surface area contributed by atoms with Gasteiger partial charge in [-0.15, -0.1) is 0 Å². The first kappa shape index (κ1) is 9.52. The van der Waals surface area contributed by atoms with E-state index < -0.39 is 0 Å². The average Bonchev–Trinajstić information content (AvgIpc) is 2.70. The number of halogens is 1. The van der Waals surface area contributed by atoms with Crippen LogP contribution in [0.2, 0.25) is 0 Å². The second-order valence-electron chi connectivity index (χ2n) is 2.88. The highest BCUT2D eigenvalue weighted by Gasteiger charge is 2.15. The Morgan fingerprint density at radius 2 is 2.36 bits per heavy atom. The van der Waals surface area contributed by atoms with E-state index in [4.69, 9.17) is 9.47 Å². The lowest BCUT2D eigenvalue weighted by molar-refractivity contribution is 0.345. The Hall–Kier alpha value is -1.03. The van der Waals surface area contributed by atoms with Crippen molar-refractivity contribution >= 4 is 21.8 Å². The number of ether oxygens (including phenoxy) is 2. The van der Waals surface area contributed by atoms with Crippen molar-refractivity contribution in [3.63, 3.8) is 0 Å². The van der Waals surface area contributed by atoms with Crippen LogP contribution >= 0.6 is 15.9 Å². The molecule has 1 heterocycles. The predicted molar refractivity (Wildman–Crippen MR) is 58.1 cm³/mol. The largest absolute Gasteiger partial charge is 0.496 e. The molecule has 0 saturated heterocycles. The zero-order valence-corrected chi connectivity index (χ0v) is 9.37. The standard InChI is InChI=1S/C10H10BrNO2/c1-13-9-3-2-7(11)6-8(9)10-12-4-5-14-10/h2-3,6H,4-5H2,1H3. The van der Waals surface area contributed by atoms with Gasteiger partial charge in [0.2, 0.25) is 5.90 Å². The average molecular weight is 256 g/mol. The molecular formula is C10H10BrNO2. The fraction of sp³-hybridized carbons (Fsp3) is 0.300. The van der Waals surface area contributed by atoms with Gasteiger partial charge in [0, 0.05) is 4.47 Å². The van der Waals surface area contributed by atoms with E-state index in [0.29, 0.717) is 12.5 Å². The number of nitrogens with zero attached hydrogens (tertiary/aromatic N) is 1. The number of methoxy groups -OCH3 is 1. The van der Waals surface area contributed by atoms with E-state index in [1.807, 2.05) is 18.2 Å². The molecule has 0 atom stereocenters. The zero-order valence-electron chi connectivity index (χ0n) is 7.79. The minimum atomic E-state index is 0.658. The van der Waals surface area contributed by atoms with Gasteiger partial charge in [-0.3, -0.25) is 0 Å². The van der Waals surface area contributed by atoms with Gasteiger partial charge in [0.05, 0.1) is 19.2 Å². The van der Waals surface area contributed by atoms with Gasteiger partial charge in [0.15, 0.2) is 0 Å². The summed E-state index contributed by atoms with van der Waals surface area (Å²) in [6.07, 6.45) is 0. The molecule has 14 heavy (non-hydrogen) atoms. The van der Waals surface area contributed by atoms with E-state index in [1.54, 1.807) is 7.11 Å². The van der Waals surface area contributed by atoms with Crippen molar-refractivity contribution in [3.05, 3.63) is 28.2 Å². The molecule has 0 spiro atoms. The summed E-state index contributed by atoms with van der Waals surface area (Å²) in [5.41, 5.74) is 0.902. The highest BCUT2D eigenvalue weighted by molar-refractivity contribution is 9.10. The predicted octanol–water partition coefficient (Wildman–Crippen LogP) is 2.23. The van der Waals surface area contributed by atoms with Crippen LogP contribution in [-0.2, 0) is 4.74 Å². The van der Waals surface area contributed by atoms with Crippen molar-refractivity contribution < 1.29 is 9.47 Å². The van der Waals surface area contributed by atoms with Gasteiger partial charge >= 0.3 is 0 Å². The molecule has 0 amide bonds. The number of hydrogen-bond donors (Lipinski definition) is 0. The van der Waals surface area contributed by atoms with Crippen LogP contribution in [0.5, 0.6) is 5.75 Å². The lowest BCUT2D eigenvalue weighted by Crippen LogP contribution is -2.03. The maximum atomic E-state index is 5.39. The van der Waals surface area contributed by atoms with Gasteiger partial charge in [-0.2, -0.15) is 0 Å². The lowest BCUT2D eigenvalue weighted by atomic mass is 10.2. The van der Waals surface area contributed by atoms with Crippen LogP contribution in [0.1, 0.15) is 5.56 Å². The fourth-order valence-electron chi connectivity index (χ4n) is 1.35. The molecule has 0 saturated carbocycles. The molecular weight excluding hydrogens is 246 g/mol. The third-order valence-electron chi connectivity index (χ3n) is 1.98. The van der Waals surface area contributed by atoms with Crippen molar-refractivity contribution in [3.8, 4) is 5.75 Å². The fourth-order valence-corrected chi connectivity index (χ4v) is 1.71. The maximum Gasteiger partial charge on any atom is 0.220 e. The highest BCUT2D eigenvalue weighted by Crippen LogP contribution is 2.24. The van der Waals surface area contributed by atoms with E-state index in [9.17, 15) is 0 Å². The van der Waals surface area contributed by atoms with E-state index in [0.717, 1.165) is 22.3 Å². The Morgan fingerprint density at radius 1 is 1.50 bits per heavy atom. The Kier molecular flexibility index (Phi) is 2.72. The summed E-state index contributed by atoms with van der Waals surface area (Å²) in [6.45, 7) is 1.38. The van der Waals surface area contributed by atoms with Crippen LogP contribution < -0.4 is 4.74 Å². The molecule has 0 unspecified atom stereocenters. The maximum absolute atomic E-state index is 5.39. The summed E-state index contributed by atoms with van der Waals surface area (Å²) in [4.78, 5) is 4.25. The Balaban J connectivity index is 2.43. The van der Waals surface area contributed by atoms with Crippen molar-refractivity contribution in [2.24, 2.45) is 4.99 Å². The van der Waals surface area contributed by atoms with Crippen LogP contribution in [0.25, 0.3) is 0 Å². The number of hydrogen-bond acceptors (Lipinski definition) is 3. The van der Waals surface area contributed by atoms with Gasteiger partial charge in [-0.25, -0.2) is 4.99 Å². The van der Waals surface area contributed by atoms with Crippen LogP contribution in [0.15, 0.2) is 27.7 Å². The summed E-state index contributed by atoms with van der Waals surface area (Å²) >= 11 is 3.41. The molecule has 0 N–H and O–H groups in total. The minimum absolute atomic E-state index is 0.658. The SMILES string of the molecule is COc1ccc(Br)cc1C1=NCCO1. The van der Waals surface area contributed by atoms with Gasteiger partial charge in [0.1, 0.15) is 12.4 Å². The highest BCUT2D eigenvalue weighted by atomic mass is 79.9. The first-order valence-corrected chi connectivity index (χ1v) is 5.12. The van der Waals surface area contributed by atoms with Gasteiger partial charge < -0.3 is 9.47 Å². The molecule has 4 heteroatoms. The summed E-state index contributed by atoms with van der Waals surface area (Å²) in [7, 11) is 1.64. The zero-order chi connectivity index (χ0) is 9.97. The summed E-state index contributed by atoms with van der Waals surface area (Å²) in [5.74, 6) is 1.46. The third kappa shape index (κ3) is 1.75. The quantitative estimate of drug-likeness (QED) is 0.812.